The fraction of sp³-hybridized carbons (Fsp3) is 0.455. The van der Waals surface area contributed by atoms with E-state index >= 15 is 0 Å². The molecule has 2 aromatic rings. The maximum atomic E-state index is 13.6. The van der Waals surface area contributed by atoms with Gasteiger partial charge >= 0.3 is 14.9 Å². The number of aryl methyl sites for hydroxylation is 3. The van der Waals surface area contributed by atoms with Crippen LogP contribution < -0.4 is 10.5 Å². The number of rotatable bonds is 12. The van der Waals surface area contributed by atoms with E-state index in [0.29, 0.717) is 12.0 Å². The molecule has 2 unspecified atom stereocenters. The van der Waals surface area contributed by atoms with Crippen LogP contribution >= 0.6 is 8.69 Å². The van der Waals surface area contributed by atoms with Gasteiger partial charge in [-0.2, -0.15) is 13.2 Å². The second-order valence-corrected chi connectivity index (χ2v) is 8.05. The van der Waals surface area contributed by atoms with Crippen molar-refractivity contribution >= 4 is 8.69 Å². The number of halogens is 3. The Balaban J connectivity index is 2.02. The largest absolute Gasteiger partial charge is 0.494 e. The zero-order valence-corrected chi connectivity index (χ0v) is 18.4. The van der Waals surface area contributed by atoms with Crippen LogP contribution in [0.3, 0.4) is 0 Å². The molecule has 0 amide bonds. The van der Waals surface area contributed by atoms with E-state index in [1.54, 1.807) is 6.07 Å². The molecule has 0 radical (unpaired) electrons. The smallest absolute Gasteiger partial charge is 0.493 e. The number of hydrogen-bond acceptors (Lipinski definition) is 5. The third kappa shape index (κ3) is 7.89. The number of alkyl halides is 3. The van der Waals surface area contributed by atoms with Gasteiger partial charge in [-0.25, -0.2) is 0 Å². The molecule has 2 aromatic carbocycles. The maximum absolute atomic E-state index is 13.6. The molecule has 2 rings (SSSR count). The molecule has 3 N–H and O–H groups in total. The molecule has 0 aromatic heterocycles. The van der Waals surface area contributed by atoms with Crippen molar-refractivity contribution in [2.75, 3.05) is 19.8 Å². The van der Waals surface area contributed by atoms with Crippen LogP contribution in [0.4, 0.5) is 13.2 Å². The van der Waals surface area contributed by atoms with Crippen molar-refractivity contribution in [3.8, 4) is 5.75 Å². The Morgan fingerprint density at radius 1 is 1.13 bits per heavy atom. The Kier molecular flexibility index (Phi) is 9.44. The first-order chi connectivity index (χ1) is 14.7. The molecule has 0 heterocycles. The summed E-state index contributed by atoms with van der Waals surface area (Å²) in [6.45, 7) is 1.57. The van der Waals surface area contributed by atoms with E-state index in [2.05, 4.69) is 0 Å². The first kappa shape index (κ1) is 25.3. The lowest BCUT2D eigenvalue weighted by Crippen LogP contribution is -2.47. The van der Waals surface area contributed by atoms with E-state index in [-0.39, 0.29) is 31.8 Å². The van der Waals surface area contributed by atoms with Crippen molar-refractivity contribution in [3.63, 3.8) is 0 Å². The second kappa shape index (κ2) is 11.6. The van der Waals surface area contributed by atoms with Crippen molar-refractivity contribution in [1.29, 1.82) is 0 Å². The fourth-order valence-electron chi connectivity index (χ4n) is 3.18. The topological polar surface area (TPSA) is 81.8 Å². The van der Waals surface area contributed by atoms with Crippen molar-refractivity contribution in [3.05, 3.63) is 64.7 Å². The Morgan fingerprint density at radius 2 is 1.87 bits per heavy atom. The summed E-state index contributed by atoms with van der Waals surface area (Å²) in [5.41, 5.74) is 6.64. The van der Waals surface area contributed by atoms with Crippen molar-refractivity contribution in [2.24, 2.45) is 5.73 Å². The van der Waals surface area contributed by atoms with Gasteiger partial charge in [0.15, 0.2) is 0 Å². The molecule has 0 aliphatic heterocycles. The molecule has 0 spiro atoms. The van der Waals surface area contributed by atoms with E-state index in [4.69, 9.17) is 15.0 Å². The van der Waals surface area contributed by atoms with E-state index < -0.39 is 32.6 Å². The highest BCUT2D eigenvalue weighted by molar-refractivity contribution is 7.17. The molecule has 0 aliphatic rings. The highest BCUT2D eigenvalue weighted by Gasteiger charge is 2.35. The summed E-state index contributed by atoms with van der Waals surface area (Å²) in [7, 11) is -1.02. The number of hydrogen-bond donors (Lipinski definition) is 2. The minimum absolute atomic E-state index is 0.153. The van der Waals surface area contributed by atoms with Crippen LogP contribution in [0.2, 0.25) is 0 Å². The van der Waals surface area contributed by atoms with Gasteiger partial charge in [0, 0.05) is 0 Å². The van der Waals surface area contributed by atoms with Gasteiger partial charge in [-0.3, -0.25) is 0 Å². The summed E-state index contributed by atoms with van der Waals surface area (Å²) in [5.74, 6) is -0.210. The van der Waals surface area contributed by atoms with Gasteiger partial charge in [-0.15, -0.1) is 4.52 Å². The van der Waals surface area contributed by atoms with E-state index in [0.717, 1.165) is 23.6 Å². The molecule has 0 bridgehead atoms. The highest BCUT2D eigenvalue weighted by Crippen LogP contribution is 2.37. The predicted molar refractivity (Wildman–Crippen MR) is 114 cm³/mol. The molecule has 0 aliphatic carbocycles. The van der Waals surface area contributed by atoms with Crippen LogP contribution in [0.1, 0.15) is 35.1 Å². The second-order valence-electron chi connectivity index (χ2n) is 7.60. The number of benzene rings is 2. The summed E-state index contributed by atoms with van der Waals surface area (Å²) >= 11 is 0. The van der Waals surface area contributed by atoms with Crippen molar-refractivity contribution < 1.29 is 32.1 Å². The molecular weight excluding hydrogens is 430 g/mol. The standard InChI is InChI=1S/C22H28F3NO4P/c1-16-5-2-3-6-18(16)7-4-12-29-20-9-8-17(13-19(20)22(23,24)25)10-11-21(26,14-27)15-30-31-28/h2-3,5-6,8-9,13,27,31H,4,7,10-12,14-15,26H2,1H3/q+1. The maximum Gasteiger partial charge on any atom is 0.494 e. The minimum Gasteiger partial charge on any atom is -0.493 e. The van der Waals surface area contributed by atoms with Crippen LogP contribution in [0.25, 0.3) is 0 Å². The van der Waals surface area contributed by atoms with Crippen LogP contribution in [0, 0.1) is 6.92 Å². The van der Waals surface area contributed by atoms with E-state index in [1.807, 2.05) is 31.2 Å². The SMILES string of the molecule is Cc1ccccc1CCCOc1ccc(CCC(N)(CO)CO[PH+]=O)cc1C(F)(F)F. The zero-order chi connectivity index (χ0) is 22.9. The average Bonchev–Trinajstić information content (AvgIpc) is 2.74. The van der Waals surface area contributed by atoms with Crippen LogP contribution in [-0.2, 0) is 28.1 Å². The molecule has 0 saturated carbocycles. The normalized spacial score (nSPS) is 13.9. The summed E-state index contributed by atoms with van der Waals surface area (Å²) in [5, 5.41) is 9.43. The first-order valence-electron chi connectivity index (χ1n) is 9.94. The monoisotopic (exact) mass is 458 g/mol. The molecule has 9 heteroatoms. The molecule has 5 nitrogen and oxygen atoms in total. The Bertz CT molecular complexity index is 863. The summed E-state index contributed by atoms with van der Waals surface area (Å²) in [6, 6.07) is 11.8. The van der Waals surface area contributed by atoms with Crippen molar-refractivity contribution in [2.45, 2.75) is 44.3 Å². The number of aliphatic hydroxyl groups is 1. The van der Waals surface area contributed by atoms with Gasteiger partial charge in [0.2, 0.25) is 0 Å². The lowest BCUT2D eigenvalue weighted by molar-refractivity contribution is -0.139. The molecular formula is C22H28F3NO4P+. The van der Waals surface area contributed by atoms with Gasteiger partial charge in [-0.05, 0) is 66.0 Å². The van der Waals surface area contributed by atoms with Gasteiger partial charge in [-0.1, -0.05) is 30.3 Å². The van der Waals surface area contributed by atoms with Gasteiger partial charge in [0.25, 0.3) is 0 Å². The quantitative estimate of drug-likeness (QED) is 0.359. The highest BCUT2D eigenvalue weighted by atomic mass is 31.1. The lowest BCUT2D eigenvalue weighted by Gasteiger charge is -2.24. The Labute approximate surface area is 181 Å². The first-order valence-corrected chi connectivity index (χ1v) is 10.8. The number of aliphatic hydroxyl groups excluding tert-OH is 1. The molecule has 0 saturated heterocycles. The van der Waals surface area contributed by atoms with Gasteiger partial charge in [0.1, 0.15) is 12.4 Å². The lowest BCUT2D eigenvalue weighted by atomic mass is 9.93. The summed E-state index contributed by atoms with van der Waals surface area (Å²) in [6.07, 6.45) is -2.89. The summed E-state index contributed by atoms with van der Waals surface area (Å²) < 4.78 is 61.4. The fourth-order valence-corrected chi connectivity index (χ4v) is 3.53. The van der Waals surface area contributed by atoms with Crippen LogP contribution in [0.5, 0.6) is 5.75 Å². The third-order valence-electron chi connectivity index (χ3n) is 5.10. The molecule has 2 atom stereocenters. The number of ether oxygens (including phenoxy) is 1. The predicted octanol–water partition coefficient (Wildman–Crippen LogP) is 4.60. The Hall–Kier alpha value is -1.99. The van der Waals surface area contributed by atoms with E-state index in [1.165, 1.54) is 6.07 Å². The average molecular weight is 458 g/mol. The van der Waals surface area contributed by atoms with Gasteiger partial charge < -0.3 is 15.6 Å². The number of nitrogens with two attached hydrogens (primary N) is 1. The van der Waals surface area contributed by atoms with Crippen molar-refractivity contribution in [1.82, 2.24) is 0 Å². The van der Waals surface area contributed by atoms with E-state index in [9.17, 15) is 22.8 Å². The molecule has 170 valence electrons. The summed E-state index contributed by atoms with van der Waals surface area (Å²) in [4.78, 5) is 0. The van der Waals surface area contributed by atoms with Crippen LogP contribution in [0.15, 0.2) is 42.5 Å². The Morgan fingerprint density at radius 3 is 2.52 bits per heavy atom. The third-order valence-corrected chi connectivity index (χ3v) is 5.37. The zero-order valence-electron chi connectivity index (χ0n) is 17.4. The molecule has 31 heavy (non-hydrogen) atoms. The van der Waals surface area contributed by atoms with Crippen LogP contribution in [-0.4, -0.2) is 30.5 Å². The minimum atomic E-state index is -4.56. The molecule has 0 fully saturated rings. The van der Waals surface area contributed by atoms with Gasteiger partial charge in [0.05, 0.1) is 24.3 Å².